The highest BCUT2D eigenvalue weighted by Crippen LogP contribution is 2.02. The van der Waals surface area contributed by atoms with Gasteiger partial charge in [0.1, 0.15) is 0 Å². The van der Waals surface area contributed by atoms with Crippen LogP contribution >= 0.6 is 0 Å². The van der Waals surface area contributed by atoms with E-state index in [-0.39, 0.29) is 18.3 Å². The molecule has 0 bridgehead atoms. The van der Waals surface area contributed by atoms with E-state index in [4.69, 9.17) is 4.74 Å². The van der Waals surface area contributed by atoms with Crippen molar-refractivity contribution in [2.24, 2.45) is 0 Å². The first-order valence-electron chi connectivity index (χ1n) is 5.63. The highest BCUT2D eigenvalue weighted by atomic mass is 16.5. The summed E-state index contributed by atoms with van der Waals surface area (Å²) in [6.45, 7) is 3.88. The van der Waals surface area contributed by atoms with Gasteiger partial charge in [-0.3, -0.25) is 14.9 Å². The molecular formula is C13H17NO3. The summed E-state index contributed by atoms with van der Waals surface area (Å²) in [4.78, 5) is 23.0. The molecule has 1 aromatic carbocycles. The second-order valence-corrected chi connectivity index (χ2v) is 3.64. The minimum absolute atomic E-state index is 0.0325. The molecule has 1 N–H and O–H groups in total. The zero-order valence-electron chi connectivity index (χ0n) is 10.1. The maximum atomic E-state index is 11.9. The highest BCUT2D eigenvalue weighted by molar-refractivity contribution is 6.00. The fourth-order valence-electron chi connectivity index (χ4n) is 1.39. The minimum Gasteiger partial charge on any atom is -0.465 e. The van der Waals surface area contributed by atoms with Crippen molar-refractivity contribution in [2.75, 3.05) is 13.2 Å². The number of carbonyl (C=O) groups excluding carboxylic acids is 2. The van der Waals surface area contributed by atoms with Crippen LogP contribution in [0.5, 0.6) is 0 Å². The van der Waals surface area contributed by atoms with Gasteiger partial charge in [-0.05, 0) is 13.8 Å². The third-order valence-corrected chi connectivity index (χ3v) is 2.31. The minimum atomic E-state index is -0.401. The molecule has 0 aliphatic heterocycles. The highest BCUT2D eigenvalue weighted by Gasteiger charge is 2.15. The molecule has 1 unspecified atom stereocenters. The van der Waals surface area contributed by atoms with Gasteiger partial charge in [0.25, 0.3) is 0 Å². The number of esters is 1. The van der Waals surface area contributed by atoms with Crippen LogP contribution in [0.4, 0.5) is 0 Å². The van der Waals surface area contributed by atoms with E-state index in [0.29, 0.717) is 12.2 Å². The summed E-state index contributed by atoms with van der Waals surface area (Å²) in [7, 11) is 0. The first kappa shape index (κ1) is 13.4. The van der Waals surface area contributed by atoms with Gasteiger partial charge < -0.3 is 4.74 Å². The lowest BCUT2D eigenvalue weighted by molar-refractivity contribution is -0.142. The van der Waals surface area contributed by atoms with Crippen molar-refractivity contribution >= 4 is 11.8 Å². The van der Waals surface area contributed by atoms with Gasteiger partial charge in [0.2, 0.25) is 0 Å². The molecule has 0 saturated carbocycles. The number of benzene rings is 1. The van der Waals surface area contributed by atoms with Gasteiger partial charge >= 0.3 is 5.97 Å². The second-order valence-electron chi connectivity index (χ2n) is 3.64. The maximum absolute atomic E-state index is 11.9. The molecule has 0 saturated heterocycles. The lowest BCUT2D eigenvalue weighted by atomic mass is 10.1. The predicted octanol–water partition coefficient (Wildman–Crippen LogP) is 1.41. The molecule has 17 heavy (non-hydrogen) atoms. The van der Waals surface area contributed by atoms with Crippen LogP contribution in [0.25, 0.3) is 0 Å². The summed E-state index contributed by atoms with van der Waals surface area (Å²) in [5.74, 6) is -0.380. The van der Waals surface area contributed by atoms with Crippen LogP contribution in [0, 0.1) is 0 Å². The molecule has 92 valence electrons. The molecule has 1 atom stereocenters. The van der Waals surface area contributed by atoms with Crippen molar-refractivity contribution in [3.63, 3.8) is 0 Å². The normalized spacial score (nSPS) is 11.9. The zero-order valence-corrected chi connectivity index (χ0v) is 10.1. The van der Waals surface area contributed by atoms with Gasteiger partial charge in [0.05, 0.1) is 19.2 Å². The Hall–Kier alpha value is -1.68. The lowest BCUT2D eigenvalue weighted by Crippen LogP contribution is -2.38. The van der Waals surface area contributed by atoms with Crippen molar-refractivity contribution in [1.82, 2.24) is 5.32 Å². The van der Waals surface area contributed by atoms with Crippen LogP contribution in [0.3, 0.4) is 0 Å². The predicted molar refractivity (Wildman–Crippen MR) is 64.9 cm³/mol. The van der Waals surface area contributed by atoms with E-state index in [9.17, 15) is 9.59 Å². The van der Waals surface area contributed by atoms with Gasteiger partial charge in [0, 0.05) is 5.56 Å². The number of hydrogen-bond donors (Lipinski definition) is 1. The summed E-state index contributed by atoms with van der Waals surface area (Å²) in [5.41, 5.74) is 0.636. The Morgan fingerprint density at radius 3 is 2.53 bits per heavy atom. The quantitative estimate of drug-likeness (QED) is 0.598. The van der Waals surface area contributed by atoms with E-state index in [2.05, 4.69) is 5.32 Å². The summed E-state index contributed by atoms with van der Waals surface area (Å²) in [6.07, 6.45) is 0. The van der Waals surface area contributed by atoms with Crippen LogP contribution in [0.15, 0.2) is 30.3 Å². The molecule has 4 nitrogen and oxygen atoms in total. The molecule has 0 spiro atoms. The van der Waals surface area contributed by atoms with Crippen LogP contribution in [-0.2, 0) is 9.53 Å². The number of ether oxygens (including phenoxy) is 1. The Morgan fingerprint density at radius 1 is 1.29 bits per heavy atom. The fraction of sp³-hybridized carbons (Fsp3) is 0.385. The Balaban J connectivity index is 2.45. The summed E-state index contributed by atoms with van der Waals surface area (Å²) in [5, 5.41) is 2.84. The van der Waals surface area contributed by atoms with Crippen LogP contribution in [0.1, 0.15) is 24.2 Å². The number of hydrogen-bond acceptors (Lipinski definition) is 4. The maximum Gasteiger partial charge on any atom is 0.319 e. The number of nitrogens with one attached hydrogen (secondary N) is 1. The Kier molecular flexibility index (Phi) is 5.36. The van der Waals surface area contributed by atoms with E-state index in [1.807, 2.05) is 18.2 Å². The Bertz CT molecular complexity index is 376. The molecule has 0 amide bonds. The monoisotopic (exact) mass is 235 g/mol. The number of Topliss-reactive ketones (excluding diaryl/α,β-unsaturated/α-hetero) is 1. The number of ketones is 1. The molecule has 0 aliphatic rings. The van der Waals surface area contributed by atoms with E-state index < -0.39 is 6.04 Å². The van der Waals surface area contributed by atoms with Crippen molar-refractivity contribution in [3.05, 3.63) is 35.9 Å². The molecular weight excluding hydrogens is 218 g/mol. The SMILES string of the molecule is CCOC(=O)CNC(C)C(=O)c1ccccc1. The van der Waals surface area contributed by atoms with Crippen molar-refractivity contribution in [3.8, 4) is 0 Å². The third-order valence-electron chi connectivity index (χ3n) is 2.31. The summed E-state index contributed by atoms with van der Waals surface area (Å²) in [6, 6.07) is 8.58. The van der Waals surface area contributed by atoms with Crippen molar-refractivity contribution < 1.29 is 14.3 Å². The Morgan fingerprint density at radius 2 is 1.94 bits per heavy atom. The molecule has 0 radical (unpaired) electrons. The van der Waals surface area contributed by atoms with Gasteiger partial charge in [-0.2, -0.15) is 0 Å². The van der Waals surface area contributed by atoms with Gasteiger partial charge in [0.15, 0.2) is 5.78 Å². The largest absolute Gasteiger partial charge is 0.465 e. The van der Waals surface area contributed by atoms with Gasteiger partial charge in [-0.1, -0.05) is 30.3 Å². The molecule has 0 heterocycles. The average Bonchev–Trinajstić information content (AvgIpc) is 2.36. The lowest BCUT2D eigenvalue weighted by Gasteiger charge is -2.12. The molecule has 1 rings (SSSR count). The first-order valence-corrected chi connectivity index (χ1v) is 5.63. The summed E-state index contributed by atoms with van der Waals surface area (Å²) < 4.78 is 4.76. The van der Waals surface area contributed by atoms with Crippen LogP contribution < -0.4 is 5.32 Å². The van der Waals surface area contributed by atoms with Gasteiger partial charge in [-0.15, -0.1) is 0 Å². The molecule has 0 aliphatic carbocycles. The summed E-state index contributed by atoms with van der Waals surface area (Å²) >= 11 is 0. The second kappa shape index (κ2) is 6.81. The molecule has 0 fully saturated rings. The van der Waals surface area contributed by atoms with E-state index >= 15 is 0 Å². The fourth-order valence-corrected chi connectivity index (χ4v) is 1.39. The number of rotatable bonds is 6. The first-order chi connectivity index (χ1) is 8.15. The van der Waals surface area contributed by atoms with E-state index in [1.165, 1.54) is 0 Å². The average molecular weight is 235 g/mol. The van der Waals surface area contributed by atoms with Crippen molar-refractivity contribution in [1.29, 1.82) is 0 Å². The standard InChI is InChI=1S/C13H17NO3/c1-3-17-12(15)9-14-10(2)13(16)11-7-5-4-6-8-11/h4-8,10,14H,3,9H2,1-2H3. The topological polar surface area (TPSA) is 55.4 Å². The van der Waals surface area contributed by atoms with Crippen LogP contribution in [-0.4, -0.2) is 30.9 Å². The van der Waals surface area contributed by atoms with E-state index in [0.717, 1.165) is 0 Å². The van der Waals surface area contributed by atoms with Crippen molar-refractivity contribution in [2.45, 2.75) is 19.9 Å². The molecule has 0 aromatic heterocycles. The number of carbonyl (C=O) groups is 2. The van der Waals surface area contributed by atoms with Crippen LogP contribution in [0.2, 0.25) is 0 Å². The molecule has 1 aromatic rings. The third kappa shape index (κ3) is 4.36. The Labute approximate surface area is 101 Å². The smallest absolute Gasteiger partial charge is 0.319 e. The van der Waals surface area contributed by atoms with E-state index in [1.54, 1.807) is 26.0 Å². The zero-order chi connectivity index (χ0) is 12.7. The van der Waals surface area contributed by atoms with Gasteiger partial charge in [-0.25, -0.2) is 0 Å². The molecule has 4 heteroatoms.